The van der Waals surface area contributed by atoms with Crippen LogP contribution in [-0.4, -0.2) is 40.7 Å². The van der Waals surface area contributed by atoms with Crippen molar-refractivity contribution in [1.82, 2.24) is 14.9 Å². The Morgan fingerprint density at radius 3 is 3.00 bits per heavy atom. The maximum Gasteiger partial charge on any atom is 0.274 e. The first kappa shape index (κ1) is 10.5. The van der Waals surface area contributed by atoms with Gasteiger partial charge in [0.25, 0.3) is 11.5 Å². The zero-order valence-electron chi connectivity index (χ0n) is 9.31. The molecule has 0 radical (unpaired) electrons. The minimum atomic E-state index is -0.259. The van der Waals surface area contributed by atoms with Crippen LogP contribution in [-0.2, 0) is 4.74 Å². The predicted molar refractivity (Wildman–Crippen MR) is 58.7 cm³/mol. The summed E-state index contributed by atoms with van der Waals surface area (Å²) in [7, 11) is 0. The van der Waals surface area contributed by atoms with E-state index in [1.165, 1.54) is 6.07 Å². The molecule has 1 aromatic rings. The van der Waals surface area contributed by atoms with E-state index in [1.54, 1.807) is 4.90 Å². The second kappa shape index (κ2) is 3.96. The van der Waals surface area contributed by atoms with E-state index in [0.717, 1.165) is 12.8 Å². The first-order valence-corrected chi connectivity index (χ1v) is 5.72. The number of aromatic nitrogens is 2. The molecular weight excluding hydrogens is 222 g/mol. The quantitative estimate of drug-likeness (QED) is 0.787. The number of amides is 1. The summed E-state index contributed by atoms with van der Waals surface area (Å²) in [6, 6.07) is 1.26. The fourth-order valence-electron chi connectivity index (χ4n) is 1.87. The van der Waals surface area contributed by atoms with Crippen LogP contribution in [0.2, 0.25) is 0 Å². The predicted octanol–water partition coefficient (Wildman–Crippen LogP) is 0.0772. The number of carbonyl (C=O) groups excluding carboxylic acids is 1. The van der Waals surface area contributed by atoms with Crippen molar-refractivity contribution in [3.63, 3.8) is 0 Å². The molecule has 6 nitrogen and oxygen atoms in total. The van der Waals surface area contributed by atoms with Crippen LogP contribution in [0.15, 0.2) is 10.9 Å². The molecule has 1 aliphatic carbocycles. The van der Waals surface area contributed by atoms with Gasteiger partial charge in [0.2, 0.25) is 0 Å². The summed E-state index contributed by atoms with van der Waals surface area (Å²) >= 11 is 0. The SMILES string of the molecule is O=C(c1cc(=O)[nH]c(C2CC2)n1)N1CCOC1. The molecule has 2 fully saturated rings. The third kappa shape index (κ3) is 2.08. The third-order valence-corrected chi connectivity index (χ3v) is 2.98. The normalized spacial score (nSPS) is 19.6. The summed E-state index contributed by atoms with van der Waals surface area (Å²) in [5.41, 5.74) is -0.0356. The number of nitrogens with one attached hydrogen (secondary N) is 1. The Morgan fingerprint density at radius 1 is 1.53 bits per heavy atom. The zero-order valence-corrected chi connectivity index (χ0v) is 9.31. The minimum absolute atomic E-state index is 0.223. The van der Waals surface area contributed by atoms with Crippen molar-refractivity contribution in [2.75, 3.05) is 19.9 Å². The van der Waals surface area contributed by atoms with Gasteiger partial charge in [0.15, 0.2) is 0 Å². The molecule has 2 aliphatic rings. The number of aromatic amines is 1. The molecule has 0 spiro atoms. The third-order valence-electron chi connectivity index (χ3n) is 2.98. The van der Waals surface area contributed by atoms with E-state index in [9.17, 15) is 9.59 Å². The molecule has 1 saturated carbocycles. The van der Waals surface area contributed by atoms with Crippen LogP contribution in [0, 0.1) is 0 Å². The molecule has 90 valence electrons. The molecule has 0 unspecified atom stereocenters. The molecule has 1 N–H and O–H groups in total. The standard InChI is InChI=1S/C11H13N3O3/c15-9-5-8(11(16)14-3-4-17-6-14)12-10(13-9)7-1-2-7/h5,7H,1-4,6H2,(H,12,13,15). The maximum atomic E-state index is 12.0. The first-order valence-electron chi connectivity index (χ1n) is 5.72. The fourth-order valence-corrected chi connectivity index (χ4v) is 1.87. The Hall–Kier alpha value is -1.69. The molecule has 17 heavy (non-hydrogen) atoms. The van der Waals surface area contributed by atoms with Gasteiger partial charge < -0.3 is 14.6 Å². The van der Waals surface area contributed by atoms with Gasteiger partial charge in [-0.05, 0) is 12.8 Å². The Kier molecular flexibility index (Phi) is 2.44. The highest BCUT2D eigenvalue weighted by Crippen LogP contribution is 2.37. The van der Waals surface area contributed by atoms with Crippen LogP contribution in [0.3, 0.4) is 0 Å². The fraction of sp³-hybridized carbons (Fsp3) is 0.545. The summed E-state index contributed by atoms with van der Waals surface area (Å²) in [6.07, 6.45) is 2.07. The highest BCUT2D eigenvalue weighted by atomic mass is 16.5. The van der Waals surface area contributed by atoms with E-state index < -0.39 is 0 Å². The van der Waals surface area contributed by atoms with E-state index in [4.69, 9.17) is 4.74 Å². The summed E-state index contributed by atoms with van der Waals surface area (Å²) in [4.78, 5) is 32.0. The van der Waals surface area contributed by atoms with E-state index in [2.05, 4.69) is 9.97 Å². The number of nitrogens with zero attached hydrogens (tertiary/aromatic N) is 2. The highest BCUT2D eigenvalue weighted by Gasteiger charge is 2.28. The van der Waals surface area contributed by atoms with Crippen LogP contribution in [0.25, 0.3) is 0 Å². The first-order chi connectivity index (χ1) is 8.24. The lowest BCUT2D eigenvalue weighted by molar-refractivity contribution is 0.0688. The van der Waals surface area contributed by atoms with Gasteiger partial charge in [0.05, 0.1) is 6.61 Å². The second-order valence-electron chi connectivity index (χ2n) is 4.40. The van der Waals surface area contributed by atoms with Crippen LogP contribution in [0.5, 0.6) is 0 Å². The van der Waals surface area contributed by atoms with Crippen molar-refractivity contribution in [3.8, 4) is 0 Å². The van der Waals surface area contributed by atoms with E-state index >= 15 is 0 Å². The summed E-state index contributed by atoms with van der Waals surface area (Å²) in [5.74, 6) is 0.738. The van der Waals surface area contributed by atoms with Crippen LogP contribution in [0.4, 0.5) is 0 Å². The van der Waals surface area contributed by atoms with Crippen molar-refractivity contribution in [2.45, 2.75) is 18.8 Å². The van der Waals surface area contributed by atoms with Crippen LogP contribution >= 0.6 is 0 Å². The molecule has 1 aliphatic heterocycles. The van der Waals surface area contributed by atoms with Gasteiger partial charge in [-0.25, -0.2) is 4.98 Å². The highest BCUT2D eigenvalue weighted by molar-refractivity contribution is 5.92. The van der Waals surface area contributed by atoms with E-state index in [-0.39, 0.29) is 23.9 Å². The van der Waals surface area contributed by atoms with Crippen molar-refractivity contribution in [1.29, 1.82) is 0 Å². The number of H-pyrrole nitrogens is 1. The Balaban J connectivity index is 1.90. The monoisotopic (exact) mass is 235 g/mol. The topological polar surface area (TPSA) is 75.3 Å². The van der Waals surface area contributed by atoms with Gasteiger partial charge in [-0.3, -0.25) is 9.59 Å². The number of rotatable bonds is 2. The molecule has 0 atom stereocenters. The largest absolute Gasteiger partial charge is 0.359 e. The molecule has 3 rings (SSSR count). The summed E-state index contributed by atoms with van der Waals surface area (Å²) in [5, 5.41) is 0. The van der Waals surface area contributed by atoms with Crippen molar-refractivity contribution in [3.05, 3.63) is 27.9 Å². The van der Waals surface area contributed by atoms with E-state index in [1.807, 2.05) is 0 Å². The lowest BCUT2D eigenvalue weighted by Gasteiger charge is -2.12. The number of carbonyl (C=O) groups is 1. The van der Waals surface area contributed by atoms with Gasteiger partial charge in [-0.2, -0.15) is 0 Å². The molecule has 2 heterocycles. The maximum absolute atomic E-state index is 12.0. The molecule has 0 aromatic carbocycles. The lowest BCUT2D eigenvalue weighted by Crippen LogP contribution is -2.30. The van der Waals surface area contributed by atoms with Crippen molar-refractivity contribution >= 4 is 5.91 Å². The van der Waals surface area contributed by atoms with Crippen molar-refractivity contribution in [2.24, 2.45) is 0 Å². The number of hydrogen-bond acceptors (Lipinski definition) is 4. The van der Waals surface area contributed by atoms with Crippen LogP contribution < -0.4 is 5.56 Å². The average molecular weight is 235 g/mol. The lowest BCUT2D eigenvalue weighted by atomic mass is 10.3. The molecule has 1 saturated heterocycles. The Morgan fingerprint density at radius 2 is 2.35 bits per heavy atom. The van der Waals surface area contributed by atoms with Gasteiger partial charge in [-0.1, -0.05) is 0 Å². The molecule has 1 amide bonds. The van der Waals surface area contributed by atoms with Gasteiger partial charge >= 0.3 is 0 Å². The van der Waals surface area contributed by atoms with E-state index in [0.29, 0.717) is 24.9 Å². The second-order valence-corrected chi connectivity index (χ2v) is 4.40. The Bertz CT molecular complexity index is 501. The average Bonchev–Trinajstić information content (AvgIpc) is 3.03. The van der Waals surface area contributed by atoms with Crippen LogP contribution in [0.1, 0.15) is 35.1 Å². The molecule has 0 bridgehead atoms. The summed E-state index contributed by atoms with van der Waals surface area (Å²) < 4.78 is 5.11. The molecule has 1 aromatic heterocycles. The van der Waals surface area contributed by atoms with Gasteiger partial charge in [0.1, 0.15) is 18.2 Å². The Labute approximate surface area is 97.6 Å². The van der Waals surface area contributed by atoms with Gasteiger partial charge in [0, 0.05) is 18.5 Å². The smallest absolute Gasteiger partial charge is 0.274 e. The molecule has 6 heteroatoms. The zero-order chi connectivity index (χ0) is 11.8. The number of ether oxygens (including phenoxy) is 1. The van der Waals surface area contributed by atoms with Gasteiger partial charge in [-0.15, -0.1) is 0 Å². The number of hydrogen-bond donors (Lipinski definition) is 1. The minimum Gasteiger partial charge on any atom is -0.359 e. The molecular formula is C11H13N3O3. The van der Waals surface area contributed by atoms with Crippen molar-refractivity contribution < 1.29 is 9.53 Å². The summed E-state index contributed by atoms with van der Waals surface area (Å²) in [6.45, 7) is 1.39.